The lowest BCUT2D eigenvalue weighted by molar-refractivity contribution is 0.266. The van der Waals surface area contributed by atoms with Crippen LogP contribution in [0.15, 0.2) is 24.5 Å². The van der Waals surface area contributed by atoms with Gasteiger partial charge in [0, 0.05) is 17.1 Å². The lowest BCUT2D eigenvalue weighted by atomic mass is 9.83. The highest BCUT2D eigenvalue weighted by molar-refractivity contribution is 6.31. The molecule has 1 aromatic carbocycles. The molecular formula is C19H20Cl2N4O. The van der Waals surface area contributed by atoms with Gasteiger partial charge in [0.15, 0.2) is 5.65 Å². The summed E-state index contributed by atoms with van der Waals surface area (Å²) in [5.74, 6) is 1.53. The first-order valence-electron chi connectivity index (χ1n) is 8.88. The number of aromatic nitrogens is 4. The van der Waals surface area contributed by atoms with E-state index in [2.05, 4.69) is 26.4 Å². The van der Waals surface area contributed by atoms with E-state index < -0.39 is 0 Å². The van der Waals surface area contributed by atoms with Crippen molar-refractivity contribution < 1.29 is 5.11 Å². The van der Waals surface area contributed by atoms with Gasteiger partial charge in [-0.05, 0) is 54.5 Å². The highest BCUT2D eigenvalue weighted by Gasteiger charge is 2.21. The molecule has 1 saturated carbocycles. The van der Waals surface area contributed by atoms with Crippen molar-refractivity contribution in [3.63, 3.8) is 0 Å². The monoisotopic (exact) mass is 390 g/mol. The lowest BCUT2D eigenvalue weighted by Crippen LogP contribution is -2.17. The Labute approximate surface area is 162 Å². The molecule has 0 amide bonds. The number of phenols is 1. The van der Waals surface area contributed by atoms with E-state index in [0.717, 1.165) is 18.0 Å². The second kappa shape index (κ2) is 7.05. The van der Waals surface area contributed by atoms with Crippen molar-refractivity contribution in [2.75, 3.05) is 0 Å². The van der Waals surface area contributed by atoms with Crippen LogP contribution >= 0.6 is 23.2 Å². The van der Waals surface area contributed by atoms with Crippen LogP contribution in [0.25, 0.3) is 22.4 Å². The van der Waals surface area contributed by atoms with Gasteiger partial charge in [-0.25, -0.2) is 9.97 Å². The van der Waals surface area contributed by atoms with E-state index in [9.17, 15) is 5.11 Å². The molecule has 0 aliphatic heterocycles. The van der Waals surface area contributed by atoms with Gasteiger partial charge < -0.3 is 9.67 Å². The van der Waals surface area contributed by atoms with Crippen LogP contribution < -0.4 is 0 Å². The highest BCUT2D eigenvalue weighted by Crippen LogP contribution is 2.34. The summed E-state index contributed by atoms with van der Waals surface area (Å²) in [5, 5.41) is 10.5. The van der Waals surface area contributed by atoms with Gasteiger partial charge in [-0.15, -0.1) is 0 Å². The van der Waals surface area contributed by atoms with E-state index in [4.69, 9.17) is 23.2 Å². The second-order valence-corrected chi connectivity index (χ2v) is 8.01. The zero-order chi connectivity index (χ0) is 18.3. The minimum Gasteiger partial charge on any atom is -0.508 e. The Balaban J connectivity index is 1.78. The van der Waals surface area contributed by atoms with Crippen LogP contribution in [0, 0.1) is 11.8 Å². The molecule has 26 heavy (non-hydrogen) atoms. The van der Waals surface area contributed by atoms with Crippen LogP contribution in [-0.2, 0) is 6.54 Å². The molecule has 2 aromatic heterocycles. The first-order valence-corrected chi connectivity index (χ1v) is 9.63. The number of hydrogen-bond acceptors (Lipinski definition) is 4. The maximum absolute atomic E-state index is 9.92. The van der Waals surface area contributed by atoms with Crippen LogP contribution in [0.4, 0.5) is 0 Å². The molecule has 3 aromatic rings. The van der Waals surface area contributed by atoms with E-state index in [1.165, 1.54) is 31.7 Å². The standard InChI is InChI=1S/C19H20Cl2N4O/c1-11-2-4-12(5-3-11)9-25-10-22-18-17(25)16(23-19(21)24-18)13-6-14(20)8-15(26)7-13/h6-8,10-12,26H,2-5,9H2,1H3. The molecule has 0 bridgehead atoms. The quantitative estimate of drug-likeness (QED) is 0.613. The van der Waals surface area contributed by atoms with Crippen LogP contribution in [0.5, 0.6) is 5.75 Å². The summed E-state index contributed by atoms with van der Waals surface area (Å²) in [6.07, 6.45) is 6.80. The Morgan fingerprint density at radius 2 is 1.88 bits per heavy atom. The molecule has 0 spiro atoms. The fourth-order valence-electron chi connectivity index (χ4n) is 3.79. The van der Waals surface area contributed by atoms with Gasteiger partial charge in [0.05, 0.1) is 6.33 Å². The van der Waals surface area contributed by atoms with Crippen molar-refractivity contribution in [3.05, 3.63) is 34.8 Å². The van der Waals surface area contributed by atoms with Gasteiger partial charge in [0.2, 0.25) is 5.28 Å². The number of phenolic OH excluding ortho intramolecular Hbond substituents is 1. The molecule has 1 fully saturated rings. The SMILES string of the molecule is CC1CCC(Cn2cnc3nc(Cl)nc(-c4cc(O)cc(Cl)c4)c32)CC1. The molecule has 1 aliphatic rings. The van der Waals surface area contributed by atoms with Gasteiger partial charge in [-0.1, -0.05) is 31.4 Å². The van der Waals surface area contributed by atoms with Crippen LogP contribution in [0.1, 0.15) is 32.6 Å². The average molecular weight is 391 g/mol. The maximum atomic E-state index is 9.92. The predicted octanol–water partition coefficient (Wildman–Crippen LogP) is 5.33. The number of fused-ring (bicyclic) bond motifs is 1. The third-order valence-corrected chi connectivity index (χ3v) is 5.58. The van der Waals surface area contributed by atoms with Gasteiger partial charge in [-0.2, -0.15) is 4.98 Å². The van der Waals surface area contributed by atoms with Crippen LogP contribution in [-0.4, -0.2) is 24.6 Å². The number of halogens is 2. The number of rotatable bonds is 3. The maximum Gasteiger partial charge on any atom is 0.225 e. The topological polar surface area (TPSA) is 63.8 Å². The first kappa shape index (κ1) is 17.6. The Bertz CT molecular complexity index is 928. The second-order valence-electron chi connectivity index (χ2n) is 7.23. The third kappa shape index (κ3) is 3.51. The van der Waals surface area contributed by atoms with E-state index in [1.807, 2.05) is 6.33 Å². The minimum absolute atomic E-state index is 0.0859. The molecule has 0 unspecified atom stereocenters. The summed E-state index contributed by atoms with van der Waals surface area (Å²) in [5.41, 5.74) is 2.72. The van der Waals surface area contributed by atoms with E-state index in [0.29, 0.717) is 27.8 Å². The summed E-state index contributed by atoms with van der Waals surface area (Å²) in [6.45, 7) is 3.20. The van der Waals surface area contributed by atoms with E-state index >= 15 is 0 Å². The Hall–Kier alpha value is -1.85. The number of imidazole rings is 1. The van der Waals surface area contributed by atoms with E-state index in [1.54, 1.807) is 12.1 Å². The summed E-state index contributed by atoms with van der Waals surface area (Å²) in [6, 6.07) is 4.88. The Morgan fingerprint density at radius 3 is 2.62 bits per heavy atom. The highest BCUT2D eigenvalue weighted by atomic mass is 35.5. The summed E-state index contributed by atoms with van der Waals surface area (Å²) in [7, 11) is 0. The predicted molar refractivity (Wildman–Crippen MR) is 104 cm³/mol. The average Bonchev–Trinajstić information content (AvgIpc) is 2.98. The number of nitrogens with zero attached hydrogens (tertiary/aromatic N) is 4. The molecule has 4 rings (SSSR count). The molecular weight excluding hydrogens is 371 g/mol. The zero-order valence-corrected chi connectivity index (χ0v) is 16.0. The van der Waals surface area contributed by atoms with Crippen molar-refractivity contribution in [2.24, 2.45) is 11.8 Å². The summed E-state index contributed by atoms with van der Waals surface area (Å²) >= 11 is 12.2. The fraction of sp³-hybridized carbons (Fsp3) is 0.421. The normalized spacial score (nSPS) is 20.6. The van der Waals surface area contributed by atoms with Gasteiger partial charge >= 0.3 is 0 Å². The van der Waals surface area contributed by atoms with Crippen LogP contribution in [0.2, 0.25) is 10.3 Å². The number of hydrogen-bond donors (Lipinski definition) is 1. The van der Waals surface area contributed by atoms with Gasteiger partial charge in [-0.3, -0.25) is 0 Å². The van der Waals surface area contributed by atoms with Crippen molar-refractivity contribution in [1.82, 2.24) is 19.5 Å². The van der Waals surface area contributed by atoms with Crippen LogP contribution in [0.3, 0.4) is 0 Å². The molecule has 0 atom stereocenters. The van der Waals surface area contributed by atoms with Crippen molar-refractivity contribution in [1.29, 1.82) is 0 Å². The number of aromatic hydroxyl groups is 1. The molecule has 136 valence electrons. The molecule has 7 heteroatoms. The number of benzene rings is 1. The Morgan fingerprint density at radius 1 is 1.12 bits per heavy atom. The molecule has 0 radical (unpaired) electrons. The zero-order valence-electron chi connectivity index (χ0n) is 14.5. The van der Waals surface area contributed by atoms with Gasteiger partial charge in [0.1, 0.15) is 17.0 Å². The molecule has 2 heterocycles. The Kier molecular flexibility index (Phi) is 4.76. The fourth-order valence-corrected chi connectivity index (χ4v) is 4.19. The molecule has 5 nitrogen and oxygen atoms in total. The third-order valence-electron chi connectivity index (χ3n) is 5.19. The molecule has 0 saturated heterocycles. The largest absolute Gasteiger partial charge is 0.508 e. The van der Waals surface area contributed by atoms with Gasteiger partial charge in [0.25, 0.3) is 0 Å². The lowest BCUT2D eigenvalue weighted by Gasteiger charge is -2.26. The molecule has 1 aliphatic carbocycles. The van der Waals surface area contributed by atoms with E-state index in [-0.39, 0.29) is 11.0 Å². The van der Waals surface area contributed by atoms with Crippen molar-refractivity contribution in [2.45, 2.75) is 39.2 Å². The summed E-state index contributed by atoms with van der Waals surface area (Å²) < 4.78 is 2.11. The smallest absolute Gasteiger partial charge is 0.225 e. The van der Waals surface area contributed by atoms with Crippen molar-refractivity contribution >= 4 is 34.4 Å². The molecule has 1 N–H and O–H groups in total. The minimum atomic E-state index is 0.0859. The summed E-state index contributed by atoms with van der Waals surface area (Å²) in [4.78, 5) is 13.1. The van der Waals surface area contributed by atoms with Crippen molar-refractivity contribution in [3.8, 4) is 17.0 Å². The first-order chi connectivity index (χ1) is 12.5.